The molecule has 1 aliphatic rings. The maximum Gasteiger partial charge on any atom is 0.167 e. The van der Waals surface area contributed by atoms with E-state index < -0.39 is 0 Å². The molecule has 0 bridgehead atoms. The number of benzene rings is 2. The summed E-state index contributed by atoms with van der Waals surface area (Å²) in [6.07, 6.45) is 0.534. The average molecular weight is 208 g/mol. The number of carbonyl (C=O) groups excluding carboxylic acids is 1. The molecule has 2 aromatic carbocycles. The van der Waals surface area contributed by atoms with E-state index in [2.05, 4.69) is 25.1 Å². The molecule has 1 nitrogen and oxygen atoms in total. The number of hydrogen-bond donors (Lipinski definition) is 0. The number of rotatable bonds is 0. The molecule has 16 heavy (non-hydrogen) atoms. The van der Waals surface area contributed by atoms with Gasteiger partial charge in [-0.15, -0.1) is 0 Å². The molecule has 0 amide bonds. The van der Waals surface area contributed by atoms with Gasteiger partial charge in [-0.3, -0.25) is 4.79 Å². The van der Waals surface area contributed by atoms with Crippen LogP contribution < -0.4 is 0 Å². The molecule has 0 N–H and O–H groups in total. The van der Waals surface area contributed by atoms with E-state index in [-0.39, 0.29) is 5.78 Å². The lowest BCUT2D eigenvalue weighted by molar-refractivity contribution is 0.0992. The number of Topliss-reactive ketones (excluding diaryl/α,β-unsaturated/α-hetero) is 1. The lowest BCUT2D eigenvalue weighted by Gasteiger charge is -2.19. The first-order valence-corrected chi connectivity index (χ1v) is 5.48. The molecular weight excluding hydrogens is 196 g/mol. The predicted octanol–water partition coefficient (Wildman–Crippen LogP) is 3.40. The van der Waals surface area contributed by atoms with Crippen LogP contribution in [0.3, 0.4) is 0 Å². The number of carbonyl (C=O) groups is 1. The minimum Gasteiger partial charge on any atom is -0.294 e. The summed E-state index contributed by atoms with van der Waals surface area (Å²) in [7, 11) is 0. The van der Waals surface area contributed by atoms with E-state index >= 15 is 0 Å². The number of fused-ring (bicyclic) bond motifs is 3. The van der Waals surface area contributed by atoms with Gasteiger partial charge in [0.05, 0.1) is 0 Å². The van der Waals surface area contributed by atoms with E-state index in [1.165, 1.54) is 11.1 Å². The van der Waals surface area contributed by atoms with Crippen molar-refractivity contribution in [2.75, 3.05) is 0 Å². The smallest absolute Gasteiger partial charge is 0.167 e. The van der Waals surface area contributed by atoms with E-state index in [1.54, 1.807) is 0 Å². The lowest BCUT2D eigenvalue weighted by atomic mass is 9.84. The van der Waals surface area contributed by atoms with Crippen LogP contribution in [0.25, 0.3) is 11.1 Å². The Labute approximate surface area is 94.7 Å². The molecule has 0 aliphatic heterocycles. The fourth-order valence-corrected chi connectivity index (χ4v) is 2.32. The van der Waals surface area contributed by atoms with Crippen LogP contribution in [0, 0.1) is 6.92 Å². The highest BCUT2D eigenvalue weighted by molar-refractivity contribution is 6.07. The van der Waals surface area contributed by atoms with Crippen molar-refractivity contribution in [3.05, 3.63) is 59.2 Å². The van der Waals surface area contributed by atoms with Gasteiger partial charge in [-0.1, -0.05) is 48.0 Å². The summed E-state index contributed by atoms with van der Waals surface area (Å²) < 4.78 is 0. The Bertz CT molecular complexity index is 582. The summed E-state index contributed by atoms with van der Waals surface area (Å²) in [5.74, 6) is 0.229. The Morgan fingerprint density at radius 3 is 2.50 bits per heavy atom. The SMILES string of the molecule is Cc1ccc2c(c1)-c1ccccc1C(=O)C2. The monoisotopic (exact) mass is 208 g/mol. The molecule has 1 heteroatoms. The highest BCUT2D eigenvalue weighted by Gasteiger charge is 2.21. The van der Waals surface area contributed by atoms with Gasteiger partial charge in [0.15, 0.2) is 5.78 Å². The van der Waals surface area contributed by atoms with Crippen LogP contribution >= 0.6 is 0 Å². The van der Waals surface area contributed by atoms with Crippen molar-refractivity contribution >= 4 is 5.78 Å². The molecule has 2 aromatic rings. The first-order chi connectivity index (χ1) is 7.75. The van der Waals surface area contributed by atoms with Crippen molar-refractivity contribution in [2.45, 2.75) is 13.3 Å². The molecule has 0 heterocycles. The van der Waals surface area contributed by atoms with Gasteiger partial charge in [0.1, 0.15) is 0 Å². The van der Waals surface area contributed by atoms with Gasteiger partial charge >= 0.3 is 0 Å². The Morgan fingerprint density at radius 1 is 0.938 bits per heavy atom. The molecule has 0 saturated heterocycles. The molecule has 0 aromatic heterocycles. The lowest BCUT2D eigenvalue weighted by Crippen LogP contribution is -2.12. The minimum atomic E-state index is 0.229. The van der Waals surface area contributed by atoms with E-state index in [9.17, 15) is 4.79 Å². The van der Waals surface area contributed by atoms with Crippen LogP contribution in [0.15, 0.2) is 42.5 Å². The molecule has 1 aliphatic carbocycles. The summed E-state index contributed by atoms with van der Waals surface area (Å²) >= 11 is 0. The van der Waals surface area contributed by atoms with E-state index in [0.29, 0.717) is 6.42 Å². The second kappa shape index (κ2) is 3.31. The summed E-state index contributed by atoms with van der Waals surface area (Å²) in [4.78, 5) is 11.9. The third kappa shape index (κ3) is 1.28. The first-order valence-electron chi connectivity index (χ1n) is 5.48. The molecule has 0 unspecified atom stereocenters. The molecule has 0 saturated carbocycles. The van der Waals surface area contributed by atoms with Crippen molar-refractivity contribution in [2.24, 2.45) is 0 Å². The Kier molecular flexibility index (Phi) is 1.93. The topological polar surface area (TPSA) is 17.1 Å². The maximum absolute atomic E-state index is 11.9. The highest BCUT2D eigenvalue weighted by atomic mass is 16.1. The third-order valence-electron chi connectivity index (χ3n) is 3.13. The van der Waals surface area contributed by atoms with E-state index in [4.69, 9.17) is 0 Å². The second-order valence-corrected chi connectivity index (χ2v) is 4.31. The Morgan fingerprint density at radius 2 is 1.69 bits per heavy atom. The van der Waals surface area contributed by atoms with E-state index in [1.807, 2.05) is 24.3 Å². The van der Waals surface area contributed by atoms with E-state index in [0.717, 1.165) is 16.7 Å². The van der Waals surface area contributed by atoms with Gasteiger partial charge in [0, 0.05) is 12.0 Å². The number of aryl methyl sites for hydroxylation is 1. The second-order valence-electron chi connectivity index (χ2n) is 4.31. The standard InChI is InChI=1S/C15H12O/c1-10-6-7-11-9-15(16)13-5-3-2-4-12(13)14(11)8-10/h2-8H,9H2,1H3. The zero-order valence-electron chi connectivity index (χ0n) is 9.16. The van der Waals surface area contributed by atoms with Crippen LogP contribution in [-0.2, 0) is 6.42 Å². The van der Waals surface area contributed by atoms with Crippen molar-refractivity contribution in [3.8, 4) is 11.1 Å². The molecule has 0 spiro atoms. The number of hydrogen-bond acceptors (Lipinski definition) is 1. The molecule has 78 valence electrons. The Hall–Kier alpha value is -1.89. The molecule has 0 atom stereocenters. The van der Waals surface area contributed by atoms with Gasteiger partial charge in [0.2, 0.25) is 0 Å². The predicted molar refractivity (Wildman–Crippen MR) is 64.6 cm³/mol. The van der Waals surface area contributed by atoms with Crippen LogP contribution in [0.4, 0.5) is 0 Å². The molecular formula is C15H12O. The zero-order chi connectivity index (χ0) is 11.1. The average Bonchev–Trinajstić information content (AvgIpc) is 2.31. The van der Waals surface area contributed by atoms with Gasteiger partial charge in [-0.25, -0.2) is 0 Å². The van der Waals surface area contributed by atoms with Crippen LogP contribution in [-0.4, -0.2) is 5.78 Å². The summed E-state index contributed by atoms with van der Waals surface area (Å²) in [6.45, 7) is 2.08. The Balaban J connectivity index is 2.33. The van der Waals surface area contributed by atoms with Gasteiger partial charge in [0.25, 0.3) is 0 Å². The van der Waals surface area contributed by atoms with Crippen LogP contribution in [0.5, 0.6) is 0 Å². The summed E-state index contributed by atoms with van der Waals surface area (Å²) in [5.41, 5.74) is 5.55. The minimum absolute atomic E-state index is 0.229. The molecule has 0 fully saturated rings. The van der Waals surface area contributed by atoms with Crippen LogP contribution in [0.2, 0.25) is 0 Å². The van der Waals surface area contributed by atoms with Gasteiger partial charge < -0.3 is 0 Å². The molecule has 0 radical (unpaired) electrons. The first kappa shape index (κ1) is 9.34. The maximum atomic E-state index is 11.9. The van der Waals surface area contributed by atoms with Crippen molar-refractivity contribution in [1.29, 1.82) is 0 Å². The summed E-state index contributed by atoms with van der Waals surface area (Å²) in [6, 6.07) is 14.2. The number of ketones is 1. The van der Waals surface area contributed by atoms with Crippen LogP contribution in [0.1, 0.15) is 21.5 Å². The highest BCUT2D eigenvalue weighted by Crippen LogP contribution is 2.33. The van der Waals surface area contributed by atoms with Gasteiger partial charge in [-0.05, 0) is 23.6 Å². The van der Waals surface area contributed by atoms with Crippen molar-refractivity contribution in [1.82, 2.24) is 0 Å². The fourth-order valence-electron chi connectivity index (χ4n) is 2.32. The van der Waals surface area contributed by atoms with Crippen molar-refractivity contribution in [3.63, 3.8) is 0 Å². The third-order valence-corrected chi connectivity index (χ3v) is 3.13. The quantitative estimate of drug-likeness (QED) is 0.648. The van der Waals surface area contributed by atoms with Crippen molar-refractivity contribution < 1.29 is 4.79 Å². The summed E-state index contributed by atoms with van der Waals surface area (Å²) in [5, 5.41) is 0. The van der Waals surface area contributed by atoms with Gasteiger partial charge in [-0.2, -0.15) is 0 Å². The fraction of sp³-hybridized carbons (Fsp3) is 0.133. The molecule has 3 rings (SSSR count). The zero-order valence-corrected chi connectivity index (χ0v) is 9.16. The normalized spacial score (nSPS) is 13.2. The largest absolute Gasteiger partial charge is 0.294 e.